The molecule has 0 amide bonds. The monoisotopic (exact) mass is 289 g/mol. The molecule has 6 nitrogen and oxygen atoms in total. The van der Waals surface area contributed by atoms with Gasteiger partial charge in [0, 0.05) is 24.5 Å². The number of aliphatic hydroxyl groups excluding tert-OH is 1. The predicted octanol–water partition coefficient (Wildman–Crippen LogP) is 1.61. The van der Waals surface area contributed by atoms with Crippen molar-refractivity contribution in [2.75, 3.05) is 32.2 Å². The van der Waals surface area contributed by atoms with Crippen molar-refractivity contribution in [3.05, 3.63) is 18.5 Å². The third-order valence-corrected chi connectivity index (χ3v) is 3.82. The zero-order valence-electron chi connectivity index (χ0n) is 12.2. The molecule has 1 aromatic carbocycles. The van der Waals surface area contributed by atoms with Crippen LogP contribution in [0.15, 0.2) is 18.5 Å². The average molecular weight is 289 g/mol. The summed E-state index contributed by atoms with van der Waals surface area (Å²) < 4.78 is 10.7. The molecule has 1 atom stereocenters. The van der Waals surface area contributed by atoms with Crippen LogP contribution >= 0.6 is 0 Å². The molecule has 6 heteroatoms. The number of aromatic nitrogens is 2. The van der Waals surface area contributed by atoms with Gasteiger partial charge in [-0.05, 0) is 18.9 Å². The van der Waals surface area contributed by atoms with E-state index in [9.17, 15) is 5.11 Å². The molecule has 2 aromatic rings. The van der Waals surface area contributed by atoms with Crippen LogP contribution in [0.2, 0.25) is 0 Å². The summed E-state index contributed by atoms with van der Waals surface area (Å²) >= 11 is 0. The minimum Gasteiger partial charge on any atom is -0.493 e. The van der Waals surface area contributed by atoms with Gasteiger partial charge in [0.05, 0.1) is 25.8 Å². The molecular formula is C15H19N3O3. The topological polar surface area (TPSA) is 67.7 Å². The lowest BCUT2D eigenvalue weighted by atomic mass is 10.1. The fourth-order valence-electron chi connectivity index (χ4n) is 2.77. The molecule has 0 radical (unpaired) electrons. The number of piperidine rings is 1. The maximum Gasteiger partial charge on any atom is 0.162 e. The fourth-order valence-corrected chi connectivity index (χ4v) is 2.77. The number of hydrogen-bond donors (Lipinski definition) is 1. The van der Waals surface area contributed by atoms with Crippen LogP contribution in [-0.4, -0.2) is 48.5 Å². The largest absolute Gasteiger partial charge is 0.493 e. The van der Waals surface area contributed by atoms with Crippen molar-refractivity contribution in [3.8, 4) is 11.5 Å². The third kappa shape index (κ3) is 2.58. The summed E-state index contributed by atoms with van der Waals surface area (Å²) in [5.74, 6) is 2.13. The first-order valence-corrected chi connectivity index (χ1v) is 7.02. The number of ether oxygens (including phenoxy) is 2. The van der Waals surface area contributed by atoms with Crippen molar-refractivity contribution in [1.82, 2.24) is 9.97 Å². The molecule has 2 heterocycles. The molecule has 1 N–H and O–H groups in total. The van der Waals surface area contributed by atoms with Gasteiger partial charge >= 0.3 is 0 Å². The molecule has 0 saturated carbocycles. The van der Waals surface area contributed by atoms with Crippen LogP contribution in [0, 0.1) is 0 Å². The highest BCUT2D eigenvalue weighted by Gasteiger charge is 2.21. The van der Waals surface area contributed by atoms with Gasteiger partial charge in [-0.1, -0.05) is 0 Å². The Bertz CT molecular complexity index is 647. The molecular weight excluding hydrogens is 270 g/mol. The van der Waals surface area contributed by atoms with Gasteiger partial charge < -0.3 is 19.5 Å². The SMILES string of the molecule is COc1cc2ncnc(N3CCCC(O)C3)c2cc1OC. The average Bonchev–Trinajstić information content (AvgIpc) is 2.52. The minimum absolute atomic E-state index is 0.302. The number of methoxy groups -OCH3 is 2. The molecule has 0 spiro atoms. The molecule has 1 saturated heterocycles. The summed E-state index contributed by atoms with van der Waals surface area (Å²) in [6.45, 7) is 1.48. The summed E-state index contributed by atoms with van der Waals surface area (Å²) in [7, 11) is 3.21. The van der Waals surface area contributed by atoms with E-state index in [0.29, 0.717) is 18.0 Å². The van der Waals surface area contributed by atoms with Crippen molar-refractivity contribution >= 4 is 16.7 Å². The first-order chi connectivity index (χ1) is 10.2. The summed E-state index contributed by atoms with van der Waals surface area (Å²) in [6.07, 6.45) is 3.05. The summed E-state index contributed by atoms with van der Waals surface area (Å²) in [5.41, 5.74) is 0.803. The summed E-state index contributed by atoms with van der Waals surface area (Å²) in [4.78, 5) is 10.8. The van der Waals surface area contributed by atoms with E-state index in [2.05, 4.69) is 14.9 Å². The number of fused-ring (bicyclic) bond motifs is 1. The number of aliphatic hydroxyl groups is 1. The Hall–Kier alpha value is -2.08. The van der Waals surface area contributed by atoms with E-state index in [0.717, 1.165) is 36.1 Å². The van der Waals surface area contributed by atoms with Gasteiger partial charge in [0.15, 0.2) is 11.5 Å². The lowest BCUT2D eigenvalue weighted by molar-refractivity contribution is 0.154. The molecule has 1 aliphatic rings. The highest BCUT2D eigenvalue weighted by molar-refractivity contribution is 5.92. The molecule has 0 bridgehead atoms. The van der Waals surface area contributed by atoms with Gasteiger partial charge in [0.1, 0.15) is 12.1 Å². The molecule has 0 aliphatic carbocycles. The molecule has 3 rings (SSSR count). The van der Waals surface area contributed by atoms with E-state index >= 15 is 0 Å². The fraction of sp³-hybridized carbons (Fsp3) is 0.467. The normalized spacial score (nSPS) is 18.8. The van der Waals surface area contributed by atoms with Crippen LogP contribution in [-0.2, 0) is 0 Å². The first kappa shape index (κ1) is 13.9. The quantitative estimate of drug-likeness (QED) is 0.926. The lowest BCUT2D eigenvalue weighted by Crippen LogP contribution is -2.38. The summed E-state index contributed by atoms with van der Waals surface area (Å²) in [6, 6.07) is 3.74. The zero-order chi connectivity index (χ0) is 14.8. The number of rotatable bonds is 3. The van der Waals surface area contributed by atoms with E-state index in [-0.39, 0.29) is 6.10 Å². The van der Waals surface area contributed by atoms with E-state index in [4.69, 9.17) is 9.47 Å². The Morgan fingerprint density at radius 1 is 1.19 bits per heavy atom. The zero-order valence-corrected chi connectivity index (χ0v) is 12.2. The minimum atomic E-state index is -0.302. The maximum atomic E-state index is 9.87. The van der Waals surface area contributed by atoms with Crippen molar-refractivity contribution in [3.63, 3.8) is 0 Å². The van der Waals surface area contributed by atoms with Gasteiger partial charge in [-0.2, -0.15) is 0 Å². The number of anilines is 1. The van der Waals surface area contributed by atoms with Crippen LogP contribution in [0.5, 0.6) is 11.5 Å². The van der Waals surface area contributed by atoms with Gasteiger partial charge in [-0.15, -0.1) is 0 Å². The highest BCUT2D eigenvalue weighted by atomic mass is 16.5. The number of nitrogens with zero attached hydrogens (tertiary/aromatic N) is 3. The van der Waals surface area contributed by atoms with Gasteiger partial charge in [-0.3, -0.25) is 0 Å². The maximum absolute atomic E-state index is 9.87. The van der Waals surface area contributed by atoms with Gasteiger partial charge in [0.2, 0.25) is 0 Å². The molecule has 1 fully saturated rings. The Labute approximate surface area is 123 Å². The number of hydrogen-bond acceptors (Lipinski definition) is 6. The van der Waals surface area contributed by atoms with Gasteiger partial charge in [0.25, 0.3) is 0 Å². The second kappa shape index (κ2) is 5.73. The number of benzene rings is 1. The smallest absolute Gasteiger partial charge is 0.162 e. The molecule has 21 heavy (non-hydrogen) atoms. The highest BCUT2D eigenvalue weighted by Crippen LogP contribution is 2.35. The Kier molecular flexibility index (Phi) is 3.79. The van der Waals surface area contributed by atoms with E-state index < -0.39 is 0 Å². The van der Waals surface area contributed by atoms with Crippen molar-refractivity contribution in [2.45, 2.75) is 18.9 Å². The van der Waals surface area contributed by atoms with Crippen LogP contribution < -0.4 is 14.4 Å². The Balaban J connectivity index is 2.10. The van der Waals surface area contributed by atoms with Crippen LogP contribution in [0.4, 0.5) is 5.82 Å². The lowest BCUT2D eigenvalue weighted by Gasteiger charge is -2.31. The molecule has 1 aromatic heterocycles. The Morgan fingerprint density at radius 3 is 2.67 bits per heavy atom. The first-order valence-electron chi connectivity index (χ1n) is 7.02. The predicted molar refractivity (Wildman–Crippen MR) is 80.1 cm³/mol. The van der Waals surface area contributed by atoms with Crippen LogP contribution in [0.3, 0.4) is 0 Å². The van der Waals surface area contributed by atoms with Crippen molar-refractivity contribution < 1.29 is 14.6 Å². The molecule has 1 aliphatic heterocycles. The third-order valence-electron chi connectivity index (χ3n) is 3.82. The van der Waals surface area contributed by atoms with Crippen molar-refractivity contribution in [2.24, 2.45) is 0 Å². The van der Waals surface area contributed by atoms with Gasteiger partial charge in [-0.25, -0.2) is 9.97 Å². The van der Waals surface area contributed by atoms with E-state index in [1.54, 1.807) is 20.5 Å². The van der Waals surface area contributed by atoms with E-state index in [1.807, 2.05) is 12.1 Å². The summed E-state index contributed by atoms with van der Waals surface area (Å²) in [5, 5.41) is 10.8. The second-order valence-corrected chi connectivity index (χ2v) is 5.16. The molecule has 112 valence electrons. The van der Waals surface area contributed by atoms with Crippen LogP contribution in [0.1, 0.15) is 12.8 Å². The number of β-amino-alcohol motifs (C(OH)–C–C–N with tert-alkyl or cyclic N) is 1. The Morgan fingerprint density at radius 2 is 1.95 bits per heavy atom. The second-order valence-electron chi connectivity index (χ2n) is 5.16. The van der Waals surface area contributed by atoms with Crippen LogP contribution in [0.25, 0.3) is 10.9 Å². The standard InChI is InChI=1S/C15H19N3O3/c1-20-13-6-11-12(7-14(13)21-2)16-9-17-15(11)18-5-3-4-10(19)8-18/h6-7,9-10,19H,3-5,8H2,1-2H3. The van der Waals surface area contributed by atoms with E-state index in [1.165, 1.54) is 0 Å². The van der Waals surface area contributed by atoms with Crippen molar-refractivity contribution in [1.29, 1.82) is 0 Å². The molecule has 1 unspecified atom stereocenters.